The van der Waals surface area contributed by atoms with Crippen LogP contribution in [-0.4, -0.2) is 36.0 Å². The first-order valence-corrected chi connectivity index (χ1v) is 10.0. The Bertz CT molecular complexity index is 1210. The number of benzene rings is 1. The molecule has 30 heavy (non-hydrogen) atoms. The van der Waals surface area contributed by atoms with E-state index >= 15 is 0 Å². The highest BCUT2D eigenvalue weighted by atomic mass is 19.1. The molecule has 1 aliphatic heterocycles. The van der Waals surface area contributed by atoms with Crippen molar-refractivity contribution in [2.24, 2.45) is 14.1 Å². The maximum Gasteiger partial charge on any atom is 0.332 e. The third-order valence-corrected chi connectivity index (χ3v) is 5.83. The summed E-state index contributed by atoms with van der Waals surface area (Å²) < 4.78 is 17.3. The summed E-state index contributed by atoms with van der Waals surface area (Å²) in [6, 6.07) is 6.31. The van der Waals surface area contributed by atoms with Crippen molar-refractivity contribution in [2.45, 2.75) is 38.3 Å². The van der Waals surface area contributed by atoms with Crippen LogP contribution in [-0.2, 0) is 25.4 Å². The third-order valence-electron chi connectivity index (χ3n) is 5.83. The van der Waals surface area contributed by atoms with Gasteiger partial charge >= 0.3 is 5.69 Å². The monoisotopic (exact) mass is 413 g/mol. The number of hydrogen-bond acceptors (Lipinski definition) is 4. The molecule has 1 saturated heterocycles. The summed E-state index contributed by atoms with van der Waals surface area (Å²) in [6.07, 6.45) is 4.21. The maximum atomic E-state index is 13.2. The Morgan fingerprint density at radius 2 is 1.90 bits per heavy atom. The van der Waals surface area contributed by atoms with E-state index in [0.29, 0.717) is 37.1 Å². The Balaban J connectivity index is 1.46. The fourth-order valence-electron chi connectivity index (χ4n) is 4.21. The molecule has 158 valence electrons. The van der Waals surface area contributed by atoms with Gasteiger partial charge in [-0.1, -0.05) is 12.1 Å². The number of likely N-dealkylation sites (tertiary alicyclic amines) is 1. The molecule has 1 atom stereocenters. The summed E-state index contributed by atoms with van der Waals surface area (Å²) in [5.41, 5.74) is 0.830. The molecule has 4 rings (SSSR count). The van der Waals surface area contributed by atoms with Crippen LogP contribution in [0.2, 0.25) is 0 Å². The summed E-state index contributed by atoms with van der Waals surface area (Å²) in [7, 11) is 3.02. The van der Waals surface area contributed by atoms with Gasteiger partial charge in [0.25, 0.3) is 5.56 Å². The van der Waals surface area contributed by atoms with Crippen LogP contribution in [0.1, 0.15) is 37.3 Å². The van der Waals surface area contributed by atoms with Gasteiger partial charge in [-0.3, -0.25) is 18.7 Å². The van der Waals surface area contributed by atoms with E-state index in [1.54, 1.807) is 23.7 Å². The lowest BCUT2D eigenvalue weighted by atomic mass is 10.0. The zero-order valence-electron chi connectivity index (χ0n) is 17.0. The van der Waals surface area contributed by atoms with Gasteiger partial charge in [-0.2, -0.15) is 0 Å². The summed E-state index contributed by atoms with van der Waals surface area (Å²) in [4.78, 5) is 43.4. The summed E-state index contributed by atoms with van der Waals surface area (Å²) >= 11 is 0. The van der Waals surface area contributed by atoms with Gasteiger partial charge in [0.15, 0.2) is 11.2 Å². The van der Waals surface area contributed by atoms with Gasteiger partial charge in [0.05, 0.1) is 12.4 Å². The van der Waals surface area contributed by atoms with Gasteiger partial charge in [0.2, 0.25) is 5.91 Å². The second-order valence-electron chi connectivity index (χ2n) is 7.72. The van der Waals surface area contributed by atoms with E-state index in [4.69, 9.17) is 0 Å². The Hall–Kier alpha value is -3.23. The van der Waals surface area contributed by atoms with E-state index in [9.17, 15) is 18.8 Å². The molecule has 0 spiro atoms. The number of aromatic nitrogens is 4. The number of nitrogens with zero attached hydrogens (tertiary/aromatic N) is 5. The predicted molar refractivity (Wildman–Crippen MR) is 110 cm³/mol. The van der Waals surface area contributed by atoms with Crippen molar-refractivity contribution in [1.29, 1.82) is 0 Å². The van der Waals surface area contributed by atoms with Gasteiger partial charge in [-0.05, 0) is 37.0 Å². The van der Waals surface area contributed by atoms with Crippen LogP contribution < -0.4 is 11.2 Å². The molecular weight excluding hydrogens is 389 g/mol. The van der Waals surface area contributed by atoms with Crippen molar-refractivity contribution in [3.63, 3.8) is 0 Å². The fourth-order valence-corrected chi connectivity index (χ4v) is 4.21. The molecule has 2 aromatic heterocycles. The molecule has 0 bridgehead atoms. The zero-order chi connectivity index (χ0) is 21.4. The summed E-state index contributed by atoms with van der Waals surface area (Å²) in [5.74, 6) is -0.239. The van der Waals surface area contributed by atoms with Crippen LogP contribution in [0.15, 0.2) is 40.2 Å². The second kappa shape index (κ2) is 7.89. The van der Waals surface area contributed by atoms with Gasteiger partial charge in [-0.15, -0.1) is 0 Å². The Kier molecular flexibility index (Phi) is 5.27. The minimum Gasteiger partial charge on any atom is -0.336 e. The standard InChI is InChI=1S/C21H24FN5O3/c1-24-19-18(20(29)25(2)21(24)30)26(13-23-19)11-4-6-17(28)27-12-3-5-16(27)14-7-9-15(22)10-8-14/h7-10,13,16H,3-6,11-12H2,1-2H3. The average molecular weight is 413 g/mol. The van der Waals surface area contributed by atoms with Gasteiger partial charge < -0.3 is 9.47 Å². The Morgan fingerprint density at radius 1 is 1.17 bits per heavy atom. The van der Waals surface area contributed by atoms with E-state index in [2.05, 4.69) is 4.98 Å². The zero-order valence-corrected chi connectivity index (χ0v) is 17.0. The largest absolute Gasteiger partial charge is 0.336 e. The number of fused-ring (bicyclic) bond motifs is 1. The lowest BCUT2D eigenvalue weighted by Gasteiger charge is -2.25. The van der Waals surface area contributed by atoms with Crippen LogP contribution in [0.5, 0.6) is 0 Å². The number of amides is 1. The SMILES string of the molecule is Cn1c(=O)c2c(ncn2CCCC(=O)N2CCCC2c2ccc(F)cc2)n(C)c1=O. The number of aryl methyl sites for hydroxylation is 2. The predicted octanol–water partition coefficient (Wildman–Crippen LogP) is 1.72. The van der Waals surface area contributed by atoms with Crippen LogP contribution in [0.4, 0.5) is 4.39 Å². The highest BCUT2D eigenvalue weighted by Gasteiger charge is 2.29. The Morgan fingerprint density at radius 3 is 2.63 bits per heavy atom. The number of carbonyl (C=O) groups excluding carboxylic acids is 1. The van der Waals surface area contributed by atoms with Gasteiger partial charge in [0.1, 0.15) is 5.82 Å². The molecule has 8 nitrogen and oxygen atoms in total. The minimum atomic E-state index is -0.422. The lowest BCUT2D eigenvalue weighted by Crippen LogP contribution is -2.37. The number of carbonyl (C=O) groups is 1. The van der Waals surface area contributed by atoms with Crippen molar-refractivity contribution >= 4 is 17.1 Å². The second-order valence-corrected chi connectivity index (χ2v) is 7.72. The molecule has 0 aliphatic carbocycles. The Labute approximate surface area is 172 Å². The normalized spacial score (nSPS) is 16.5. The average Bonchev–Trinajstić information content (AvgIpc) is 3.39. The number of rotatable bonds is 5. The van der Waals surface area contributed by atoms with Crippen molar-refractivity contribution in [3.05, 3.63) is 62.8 Å². The first kappa shape index (κ1) is 20.1. The summed E-state index contributed by atoms with van der Waals surface area (Å²) in [5, 5.41) is 0. The van der Waals surface area contributed by atoms with Gasteiger partial charge in [-0.25, -0.2) is 14.2 Å². The van der Waals surface area contributed by atoms with Crippen LogP contribution >= 0.6 is 0 Å². The molecular formula is C21H24FN5O3. The molecule has 1 unspecified atom stereocenters. The molecule has 3 aromatic rings. The van der Waals surface area contributed by atoms with E-state index in [0.717, 1.165) is 23.0 Å². The topological polar surface area (TPSA) is 82.1 Å². The van der Waals surface area contributed by atoms with Crippen LogP contribution in [0, 0.1) is 5.82 Å². The van der Waals surface area contributed by atoms with Gasteiger partial charge in [0, 0.05) is 33.6 Å². The number of halogens is 1. The van der Waals surface area contributed by atoms with E-state index in [1.807, 2.05) is 4.90 Å². The molecule has 3 heterocycles. The molecule has 9 heteroatoms. The van der Waals surface area contributed by atoms with Crippen LogP contribution in [0.25, 0.3) is 11.2 Å². The molecule has 1 amide bonds. The van der Waals surface area contributed by atoms with E-state index < -0.39 is 11.2 Å². The lowest BCUT2D eigenvalue weighted by molar-refractivity contribution is -0.132. The number of imidazole rings is 1. The molecule has 1 fully saturated rings. The first-order valence-electron chi connectivity index (χ1n) is 10.0. The van der Waals surface area contributed by atoms with Crippen molar-refractivity contribution in [2.75, 3.05) is 6.54 Å². The minimum absolute atomic E-state index is 0.0195. The van der Waals surface area contributed by atoms with E-state index in [1.165, 1.54) is 30.1 Å². The molecule has 0 N–H and O–H groups in total. The molecule has 0 radical (unpaired) electrons. The fraction of sp³-hybridized carbons (Fsp3) is 0.429. The number of hydrogen-bond donors (Lipinski definition) is 0. The van der Waals surface area contributed by atoms with Crippen molar-refractivity contribution in [3.8, 4) is 0 Å². The quantitative estimate of drug-likeness (QED) is 0.638. The van der Waals surface area contributed by atoms with Crippen molar-refractivity contribution < 1.29 is 9.18 Å². The van der Waals surface area contributed by atoms with E-state index in [-0.39, 0.29) is 17.8 Å². The van der Waals surface area contributed by atoms with Crippen molar-refractivity contribution in [1.82, 2.24) is 23.6 Å². The molecule has 0 saturated carbocycles. The first-order chi connectivity index (χ1) is 14.4. The smallest absolute Gasteiger partial charge is 0.332 e. The maximum absolute atomic E-state index is 13.2. The highest BCUT2D eigenvalue weighted by Crippen LogP contribution is 2.32. The molecule has 1 aliphatic rings. The van der Waals surface area contributed by atoms with Crippen LogP contribution in [0.3, 0.4) is 0 Å². The summed E-state index contributed by atoms with van der Waals surface area (Å²) in [6.45, 7) is 1.14. The third kappa shape index (κ3) is 3.44. The molecule has 1 aromatic carbocycles. The highest BCUT2D eigenvalue weighted by molar-refractivity contribution is 5.77.